The van der Waals surface area contributed by atoms with E-state index in [1.54, 1.807) is 60.7 Å². The van der Waals surface area contributed by atoms with Crippen LogP contribution in [0, 0.1) is 0 Å². The predicted molar refractivity (Wildman–Crippen MR) is 498 cm³/mol. The maximum absolute atomic E-state index is 9.95. The van der Waals surface area contributed by atoms with E-state index in [0.29, 0.717) is 50.1 Å². The Balaban J connectivity index is 0.000000155. The third kappa shape index (κ3) is 11.5. The lowest BCUT2D eigenvalue weighted by Crippen LogP contribution is -2.06. The quantitative estimate of drug-likeness (QED) is 0.126. The number of fused-ring (bicyclic) bond motifs is 20. The zero-order valence-corrected chi connectivity index (χ0v) is 64.0. The van der Waals surface area contributed by atoms with Gasteiger partial charge in [-0.15, -0.1) is 22.7 Å². The molecule has 10 nitrogen and oxygen atoms in total. The first-order valence-electron chi connectivity index (χ1n) is 49.7. The first kappa shape index (κ1) is 49.3. The molecule has 0 N–H and O–H groups in total. The summed E-state index contributed by atoms with van der Waals surface area (Å²) in [7, 11) is 0. The Labute approximate surface area is 727 Å². The smallest absolute Gasteiger partial charge is 0.238 e. The lowest BCUT2D eigenvalue weighted by Gasteiger charge is -2.14. The molecule has 17 aromatic carbocycles. The van der Waals surface area contributed by atoms with Gasteiger partial charge < -0.3 is 8.83 Å². The van der Waals surface area contributed by atoms with Crippen molar-refractivity contribution in [2.45, 2.75) is 0 Å². The molecule has 0 amide bonds. The summed E-state index contributed by atoms with van der Waals surface area (Å²) in [5, 5.41) is 3.41. The van der Waals surface area contributed by atoms with E-state index in [4.69, 9.17) is 53.8 Å². The van der Waals surface area contributed by atoms with Gasteiger partial charge in [0, 0.05) is 106 Å². The Morgan fingerprint density at radius 2 is 0.592 bits per heavy atom. The number of aromatic nitrogens is 8. The number of benzene rings is 17. The first-order valence-corrected chi connectivity index (χ1v) is 39.9. The summed E-state index contributed by atoms with van der Waals surface area (Å²) in [6, 6.07) is 68.1. The van der Waals surface area contributed by atoms with Crippen LogP contribution >= 0.6 is 22.7 Å². The fraction of sp³-hybridized carbons (Fsp3) is 0. The summed E-state index contributed by atoms with van der Waals surface area (Å²) in [6.45, 7) is 0. The van der Waals surface area contributed by atoms with Gasteiger partial charge in [0.15, 0.2) is 23.3 Å². The maximum Gasteiger partial charge on any atom is 0.238 e. The Hall–Kier alpha value is -15.6. The zero-order chi connectivity index (χ0) is 98.9. The molecule has 0 saturated carbocycles. The zero-order valence-electron chi connectivity index (χ0n) is 85.4. The summed E-state index contributed by atoms with van der Waals surface area (Å²) < 4.78 is 227. The molecule has 0 unspecified atom stereocenters. The molecule has 0 saturated heterocycles. The molecule has 0 spiro atoms. The third-order valence-electron chi connectivity index (χ3n) is 21.6. The molecule has 0 aliphatic heterocycles. The number of furan rings is 2. The van der Waals surface area contributed by atoms with Gasteiger partial charge in [-0.1, -0.05) is 291 Å². The number of para-hydroxylation sites is 2. The summed E-state index contributed by atoms with van der Waals surface area (Å²) >= 11 is 1.83. The summed E-state index contributed by atoms with van der Waals surface area (Å²) in [5.41, 5.74) is 10.7. The highest BCUT2D eigenvalue weighted by Gasteiger charge is 2.27. The number of hydrogen-bond acceptors (Lipinski definition) is 10. The van der Waals surface area contributed by atoms with Crippen molar-refractivity contribution in [3.63, 3.8) is 0 Å². The molecule has 25 rings (SSSR count). The van der Waals surface area contributed by atoms with Crippen LogP contribution in [0.1, 0.15) is 31.5 Å². The molecule has 0 fully saturated rings. The van der Waals surface area contributed by atoms with Crippen LogP contribution in [0.5, 0.6) is 0 Å². The number of hydrogen-bond donors (Lipinski definition) is 0. The molecule has 560 valence electrons. The van der Waals surface area contributed by atoms with Crippen molar-refractivity contribution < 1.29 is 40.4 Å². The van der Waals surface area contributed by atoms with Gasteiger partial charge >= 0.3 is 0 Å². The van der Waals surface area contributed by atoms with Crippen LogP contribution in [0.25, 0.3) is 241 Å². The molecule has 120 heavy (non-hydrogen) atoms. The van der Waals surface area contributed by atoms with Crippen LogP contribution in [0.4, 0.5) is 0 Å². The summed E-state index contributed by atoms with van der Waals surface area (Å²) in [5.74, 6) is -0.271. The van der Waals surface area contributed by atoms with Gasteiger partial charge in [-0.3, -0.25) is 9.13 Å². The van der Waals surface area contributed by atoms with Crippen molar-refractivity contribution in [2.24, 2.45) is 0 Å². The third-order valence-corrected chi connectivity index (χ3v) is 23.6. The predicted octanol–water partition coefficient (Wildman–Crippen LogP) is 29.5. The second-order valence-corrected chi connectivity index (χ2v) is 30.6. The van der Waals surface area contributed by atoms with E-state index in [-0.39, 0.29) is 190 Å². The first-order chi connectivity index (χ1) is 69.1. The van der Waals surface area contributed by atoms with Crippen LogP contribution in [0.3, 0.4) is 0 Å². The van der Waals surface area contributed by atoms with Crippen molar-refractivity contribution in [1.82, 2.24) is 39.0 Å². The van der Waals surface area contributed by atoms with Crippen molar-refractivity contribution in [2.75, 3.05) is 0 Å². The summed E-state index contributed by atoms with van der Waals surface area (Å²) in [4.78, 5) is 30.4. The van der Waals surface area contributed by atoms with Crippen LogP contribution in [-0.4, -0.2) is 39.0 Å². The van der Waals surface area contributed by atoms with Gasteiger partial charge in [-0.25, -0.2) is 9.97 Å². The molecule has 25 aromatic rings. The molecular formula is C108H64N8O2S2. The molecule has 8 aromatic heterocycles. The van der Waals surface area contributed by atoms with Gasteiger partial charge in [-0.05, 0) is 152 Å². The SMILES string of the molecule is [2H]c1c(-c2ccccc2)c([2H])c(-c2nc(-c3ccc4c(c3)oc3cccc(-c5ccccc5)c34)nc(-n3c4c([2H])c([2H])c([2H])c([2H])c4c4c([2H])c([2H])c5sc6c([2H])c([2H])c([2H])c([2H])c6c5c43)n2)c([2H])c1-c1ccccc1.[2H]c1c([2H])c([2H])c2c(sc3c([2H])c([2H])c4c5c([2H])c([2H])c([2H])c([2H])c5n(-c5nc(-c6cccc(-c7ccccc7)c6)nc(-c6ccc7c(c6)oc6cccc(-c8ccccc8)c67)n5)c4c32)c1[2H]. The average molecular weight is 1590 g/mol. The molecule has 8 heterocycles. The Bertz CT molecular complexity index is 9850. The second kappa shape index (κ2) is 28.1. The fourth-order valence-corrected chi connectivity index (χ4v) is 18.2. The molecule has 0 atom stereocenters. The minimum absolute atomic E-state index is 0.00328. The minimum Gasteiger partial charge on any atom is -0.456 e. The van der Waals surface area contributed by atoms with Gasteiger partial charge in [0.05, 0.1) is 53.6 Å². The lowest BCUT2D eigenvalue weighted by atomic mass is 9.96. The van der Waals surface area contributed by atoms with E-state index < -0.39 is 84.6 Å². The molecule has 0 radical (unpaired) electrons. The number of nitrogens with zero attached hydrogens (tertiary/aromatic N) is 8. The second-order valence-electron chi connectivity index (χ2n) is 28.5. The molecule has 0 bridgehead atoms. The largest absolute Gasteiger partial charge is 0.456 e. The van der Waals surface area contributed by atoms with E-state index in [1.807, 2.05) is 182 Å². The normalized spacial score (nSPS) is 14.5. The van der Waals surface area contributed by atoms with Crippen LogP contribution in [0.2, 0.25) is 0 Å². The van der Waals surface area contributed by atoms with E-state index in [0.717, 1.165) is 77.6 Å². The van der Waals surface area contributed by atoms with Crippen LogP contribution in [0.15, 0.2) is 397 Å². The Morgan fingerprint density at radius 3 is 1.04 bits per heavy atom. The molecule has 12 heteroatoms. The maximum atomic E-state index is 9.95. The van der Waals surface area contributed by atoms with E-state index >= 15 is 0 Å². The van der Waals surface area contributed by atoms with Crippen molar-refractivity contribution in [3.05, 3.63) is 388 Å². The highest BCUT2D eigenvalue weighted by Crippen LogP contribution is 2.48. The number of rotatable bonds is 11. The highest BCUT2D eigenvalue weighted by molar-refractivity contribution is 7.26. The van der Waals surface area contributed by atoms with Gasteiger partial charge in [-0.2, -0.15) is 19.9 Å². The highest BCUT2D eigenvalue weighted by atomic mass is 32.1. The monoisotopic (exact) mass is 1590 g/mol. The topological polar surface area (TPSA) is 113 Å². The van der Waals surface area contributed by atoms with E-state index in [9.17, 15) is 16.4 Å². The minimum atomic E-state index is -0.639. The van der Waals surface area contributed by atoms with Crippen LogP contribution < -0.4 is 0 Å². The van der Waals surface area contributed by atoms with Gasteiger partial charge in [0.1, 0.15) is 22.3 Å². The lowest BCUT2D eigenvalue weighted by molar-refractivity contribution is 0.668. The molecule has 0 aliphatic carbocycles. The fourth-order valence-electron chi connectivity index (χ4n) is 16.2. The van der Waals surface area contributed by atoms with Crippen LogP contribution in [-0.2, 0) is 0 Å². The van der Waals surface area contributed by atoms with Crippen molar-refractivity contribution in [1.29, 1.82) is 0 Å². The van der Waals surface area contributed by atoms with E-state index in [1.165, 1.54) is 9.13 Å². The van der Waals surface area contributed by atoms with Crippen molar-refractivity contribution >= 4 is 151 Å². The van der Waals surface area contributed by atoms with E-state index in [2.05, 4.69) is 6.07 Å². The average Bonchev–Trinajstić information content (AvgIpc) is 1.52. The molecular weight excluding hydrogens is 1510 g/mol. The van der Waals surface area contributed by atoms with Crippen molar-refractivity contribution in [3.8, 4) is 113 Å². The number of thiophene rings is 2. The standard InChI is InChI=1S/C57H34N4OS.C51H30N4OS/c1-4-15-35(16-5-1)39-31-40(36-17-6-2-7-18-36)33-41(32-39)56-58-55(38-27-28-45-49(34-38)62-48-25-14-23-42(52(45)48)37-19-8-3-9-20-37)59-57(60-56)61-47-24-12-10-21-43(47)44-29-30-51-53(54(44)61)46-22-11-13-26-50(46)63-51;1-3-13-31(14-4-1)33-17-11-18-34(29-33)49-52-50(35-25-26-39-43(30-35)56-42-23-12-21-36(46(39)42)32-15-5-2-6-16-32)54-51(53-49)55-41-22-9-7-19-37(41)38-27-28-45-47(48(38)55)40-20-8-10-24-44(40)57-45/h1-34H;1-30H/i10D,11D,12D,13D,21D,22D,24D,26D,29D,30D,31D,32D,33D;7D,8D,9D,10D,19D,20D,22D,24D,27D,28D. The Morgan fingerprint density at radius 1 is 0.233 bits per heavy atom. The summed E-state index contributed by atoms with van der Waals surface area (Å²) in [6.07, 6.45) is 0. The van der Waals surface area contributed by atoms with Gasteiger partial charge in [0.2, 0.25) is 11.9 Å². The van der Waals surface area contributed by atoms with Gasteiger partial charge in [0.25, 0.3) is 0 Å². The molecule has 0 aliphatic rings. The Kier molecular flexibility index (Phi) is 11.6.